The minimum atomic E-state index is -4.05. The zero-order valence-electron chi connectivity index (χ0n) is 47.2. The van der Waals surface area contributed by atoms with Crippen LogP contribution in [0.1, 0.15) is 151 Å². The van der Waals surface area contributed by atoms with E-state index in [9.17, 15) is 32.5 Å². The summed E-state index contributed by atoms with van der Waals surface area (Å²) in [5.74, 6) is -1.87. The highest BCUT2D eigenvalue weighted by Gasteiger charge is 2.44. The van der Waals surface area contributed by atoms with Crippen molar-refractivity contribution in [1.29, 1.82) is 0 Å². The predicted molar refractivity (Wildman–Crippen MR) is 318 cm³/mol. The van der Waals surface area contributed by atoms with Crippen LogP contribution in [0, 0.1) is 6.92 Å². The number of aromatic amines is 1. The number of hydrogen-bond donors (Lipinski definition) is 7. The number of rotatable bonds is 26. The highest BCUT2D eigenvalue weighted by Crippen LogP contribution is 2.48. The molecule has 0 saturated carbocycles. The molecule has 0 fully saturated rings. The lowest BCUT2D eigenvalue weighted by atomic mass is 9.81. The Morgan fingerprint density at radius 3 is 2.42 bits per heavy atom. The van der Waals surface area contributed by atoms with Crippen molar-refractivity contribution in [3.8, 4) is 0 Å². The first kappa shape index (κ1) is 58.7. The molecule has 424 valence electrons. The predicted octanol–water partition coefficient (Wildman–Crippen LogP) is 10.5. The Bertz CT molecular complexity index is 3430. The quantitative estimate of drug-likeness (QED) is 0.0155. The number of carboxylic acids is 1. The molecule has 1 atom stereocenters. The second-order valence-corrected chi connectivity index (χ2v) is 24.0. The molecule has 1 unspecified atom stereocenters. The maximum Gasteiger partial charge on any atom is 0.326 e. The van der Waals surface area contributed by atoms with Crippen LogP contribution in [-0.4, -0.2) is 91.6 Å². The number of H-pyrrole nitrogens is 1. The van der Waals surface area contributed by atoms with E-state index < -0.39 is 33.6 Å². The number of carbonyl (C=O) groups is 2. The number of nitrogen functional groups attached to an aromatic ring is 1. The average Bonchev–Trinajstić information content (AvgIpc) is 3.76. The number of carbonyl (C=O) groups excluding carboxylic acids is 1. The van der Waals surface area contributed by atoms with Crippen LogP contribution < -0.4 is 32.1 Å². The van der Waals surface area contributed by atoms with E-state index >= 15 is 0 Å². The fourth-order valence-electron chi connectivity index (χ4n) is 11.4. The normalized spacial score (nSPS) is 17.2. The van der Waals surface area contributed by atoms with Gasteiger partial charge >= 0.3 is 5.97 Å². The lowest BCUT2D eigenvalue weighted by Gasteiger charge is -2.28. The van der Waals surface area contributed by atoms with Crippen LogP contribution in [0.5, 0.6) is 0 Å². The average molecular weight is 1110 g/mol. The highest BCUT2D eigenvalue weighted by atomic mass is 32.2. The number of hydrogen-bond acceptors (Lipinski definition) is 12. The van der Waals surface area contributed by atoms with Crippen LogP contribution in [0.15, 0.2) is 125 Å². The van der Waals surface area contributed by atoms with Crippen LogP contribution in [-0.2, 0) is 32.3 Å². The van der Waals surface area contributed by atoms with Gasteiger partial charge in [-0.15, -0.1) is 0 Å². The molecule has 3 aromatic carbocycles. The largest absolute Gasteiger partial charge is 0.480 e. The third kappa shape index (κ3) is 14.1. The SMILES string of the molecule is CCCCCN1C(=CC=C2CCCC(C=CC3=[N+](CCCCS(=O)(=O)O)c4ccccc4C3(C)C)=C2NCCCCCCC(NC(=O)c2ccc(NCc3cnc4nc(N)[nH]c(=O)c4n3)cc2)C(=O)O)C(C)(C)c2cc(C)ccc21. The summed E-state index contributed by atoms with van der Waals surface area (Å²) in [6, 6.07) is 20.9. The molecule has 8 N–H and O–H groups in total. The van der Waals surface area contributed by atoms with Gasteiger partial charge in [-0.2, -0.15) is 18.0 Å². The number of para-hydroxylation sites is 1. The first-order chi connectivity index (χ1) is 38.2. The molecule has 0 radical (unpaired) electrons. The monoisotopic (exact) mass is 1110 g/mol. The molecule has 5 aromatic rings. The molecule has 1 amide bonds. The van der Waals surface area contributed by atoms with Gasteiger partial charge < -0.3 is 31.7 Å². The van der Waals surface area contributed by atoms with Gasteiger partial charge in [-0.25, -0.2) is 14.8 Å². The van der Waals surface area contributed by atoms with Crippen LogP contribution >= 0.6 is 0 Å². The van der Waals surface area contributed by atoms with Crippen molar-refractivity contribution in [3.05, 3.63) is 158 Å². The third-order valence-corrected chi connectivity index (χ3v) is 16.5. The summed E-state index contributed by atoms with van der Waals surface area (Å²) < 4.78 is 35.0. The van der Waals surface area contributed by atoms with E-state index in [0.717, 1.165) is 81.6 Å². The standard InChI is InChI=1S/C62H78N10O7S/c1-7-8-15-35-72-51-31-24-41(2)38-48(51)62(5,6)53(72)33-28-43-20-18-19-42(27-32-52-61(3,4)47-21-12-13-23-50(47)71(52)36-16-17-37-80(77,78)79)54(43)64-34-14-10-9-11-22-49(59(75)76)68-57(73)44-25-29-45(30-26-44)65-39-46-40-66-56-55(67-46)58(74)70-60(63)69-56/h12-13,21,23-33,38,40,49H,7-11,14-20,22,34-37,39H2,1-6H3,(H7,63,65,66,68,69,70,73,74,75,76,77,78,79)/p+1. The molecule has 0 bridgehead atoms. The van der Waals surface area contributed by atoms with E-state index in [0.29, 0.717) is 49.2 Å². The number of aliphatic carboxylic acids is 1. The number of aryl methyl sites for hydroxylation is 1. The Morgan fingerprint density at radius 2 is 1.66 bits per heavy atom. The summed E-state index contributed by atoms with van der Waals surface area (Å²) in [5, 5.41) is 19.9. The number of unbranched alkanes of at least 4 members (excludes halogenated alkanes) is 6. The first-order valence-electron chi connectivity index (χ1n) is 28.3. The summed E-state index contributed by atoms with van der Waals surface area (Å²) in [6.45, 7) is 16.1. The van der Waals surface area contributed by atoms with Gasteiger partial charge in [0.2, 0.25) is 11.6 Å². The van der Waals surface area contributed by atoms with Gasteiger partial charge in [0, 0.05) is 71.0 Å². The van der Waals surface area contributed by atoms with Gasteiger partial charge in [-0.1, -0.05) is 101 Å². The van der Waals surface area contributed by atoms with E-state index in [1.54, 1.807) is 24.3 Å². The fraction of sp³-hybridized carbons (Fsp3) is 0.435. The molecule has 17 nitrogen and oxygen atoms in total. The van der Waals surface area contributed by atoms with Crippen molar-refractivity contribution in [2.75, 3.05) is 41.3 Å². The van der Waals surface area contributed by atoms with Gasteiger partial charge in [-0.05, 0) is 119 Å². The topological polar surface area (TPSA) is 249 Å². The van der Waals surface area contributed by atoms with Gasteiger partial charge in [0.15, 0.2) is 16.9 Å². The maximum atomic E-state index is 13.3. The van der Waals surface area contributed by atoms with Crippen molar-refractivity contribution in [2.24, 2.45) is 0 Å². The Morgan fingerprint density at radius 1 is 0.887 bits per heavy atom. The zero-order chi connectivity index (χ0) is 57.2. The van der Waals surface area contributed by atoms with Gasteiger partial charge in [0.05, 0.1) is 29.6 Å². The molecule has 18 heteroatoms. The lowest BCUT2D eigenvalue weighted by molar-refractivity contribution is -0.438. The molecule has 1 aliphatic carbocycles. The Hall–Kier alpha value is -7.44. The minimum Gasteiger partial charge on any atom is -0.480 e. The van der Waals surface area contributed by atoms with E-state index in [-0.39, 0.29) is 40.2 Å². The van der Waals surface area contributed by atoms with Crippen molar-refractivity contribution in [1.82, 2.24) is 30.6 Å². The molecule has 8 rings (SSSR count). The number of carboxylic acid groups (broad SMARTS) is 1. The smallest absolute Gasteiger partial charge is 0.326 e. The van der Waals surface area contributed by atoms with Crippen LogP contribution in [0.2, 0.25) is 0 Å². The van der Waals surface area contributed by atoms with Gasteiger partial charge in [-0.3, -0.25) is 19.1 Å². The number of anilines is 3. The second kappa shape index (κ2) is 25.8. The molecular formula is C62H79N10O7S+. The molecule has 2 aromatic heterocycles. The number of allylic oxidation sites excluding steroid dienone is 7. The molecule has 0 spiro atoms. The second-order valence-electron chi connectivity index (χ2n) is 22.4. The summed E-state index contributed by atoms with van der Waals surface area (Å²) in [6.07, 6.45) is 21.4. The lowest BCUT2D eigenvalue weighted by Crippen LogP contribution is -2.40. The summed E-state index contributed by atoms with van der Waals surface area (Å²) >= 11 is 0. The number of fused-ring (bicyclic) bond motifs is 3. The van der Waals surface area contributed by atoms with E-state index in [1.165, 1.54) is 51.8 Å². The summed E-state index contributed by atoms with van der Waals surface area (Å²) in [7, 11) is -4.05. The molecular weight excluding hydrogens is 1030 g/mol. The third-order valence-electron chi connectivity index (χ3n) is 15.7. The summed E-state index contributed by atoms with van der Waals surface area (Å²) in [4.78, 5) is 55.4. The maximum absolute atomic E-state index is 13.3. The van der Waals surface area contributed by atoms with Crippen LogP contribution in [0.4, 0.5) is 23.0 Å². The first-order valence-corrected chi connectivity index (χ1v) is 29.9. The molecule has 2 aliphatic heterocycles. The van der Waals surface area contributed by atoms with Crippen LogP contribution in [0.25, 0.3) is 11.2 Å². The summed E-state index contributed by atoms with van der Waals surface area (Å²) in [5.41, 5.74) is 18.6. The number of amides is 1. The molecule has 0 saturated heterocycles. The van der Waals surface area contributed by atoms with Crippen molar-refractivity contribution in [3.63, 3.8) is 0 Å². The number of nitrogens with zero attached hydrogens (tertiary/aromatic N) is 5. The number of aromatic nitrogens is 4. The Balaban J connectivity index is 0.945. The number of nitrogens with two attached hydrogens (primary N) is 1. The van der Waals surface area contributed by atoms with Gasteiger partial charge in [0.25, 0.3) is 21.6 Å². The van der Waals surface area contributed by atoms with E-state index in [4.69, 9.17) is 5.73 Å². The number of nitrogens with one attached hydrogen (secondary N) is 4. The van der Waals surface area contributed by atoms with E-state index in [1.807, 2.05) is 6.07 Å². The fourth-order valence-corrected chi connectivity index (χ4v) is 11.9. The Kier molecular flexibility index (Phi) is 18.9. The highest BCUT2D eigenvalue weighted by molar-refractivity contribution is 7.85. The minimum absolute atomic E-state index is 0.0423. The van der Waals surface area contributed by atoms with Crippen molar-refractivity contribution < 1.29 is 32.2 Å². The van der Waals surface area contributed by atoms with Crippen molar-refractivity contribution in [2.45, 2.75) is 148 Å². The van der Waals surface area contributed by atoms with Crippen molar-refractivity contribution >= 4 is 61.9 Å². The van der Waals surface area contributed by atoms with Gasteiger partial charge in [0.1, 0.15) is 12.6 Å². The number of benzene rings is 3. The molecule has 80 heavy (non-hydrogen) atoms. The Labute approximate surface area is 470 Å². The molecule has 4 heterocycles. The molecule has 3 aliphatic rings. The van der Waals surface area contributed by atoms with E-state index in [2.05, 4.69) is 148 Å². The van der Waals surface area contributed by atoms with Crippen LogP contribution in [0.3, 0.4) is 0 Å². The zero-order valence-corrected chi connectivity index (χ0v) is 48.0.